The summed E-state index contributed by atoms with van der Waals surface area (Å²) in [6.45, 7) is 7.57. The van der Waals surface area contributed by atoms with Gasteiger partial charge >= 0.3 is 0 Å². The molecular weight excluding hydrogens is 194 g/mol. The summed E-state index contributed by atoms with van der Waals surface area (Å²) in [5.74, 6) is 0.428. The van der Waals surface area contributed by atoms with Crippen molar-refractivity contribution in [1.29, 1.82) is 0 Å². The third kappa shape index (κ3) is 2.28. The quantitative estimate of drug-likeness (QED) is 0.707. The van der Waals surface area contributed by atoms with Crippen molar-refractivity contribution in [2.24, 2.45) is 4.99 Å². The van der Waals surface area contributed by atoms with E-state index in [0.29, 0.717) is 5.96 Å². The minimum absolute atomic E-state index is 0.101. The van der Waals surface area contributed by atoms with E-state index in [0.717, 1.165) is 0 Å². The summed E-state index contributed by atoms with van der Waals surface area (Å²) in [7, 11) is 1.59. The second-order valence-electron chi connectivity index (χ2n) is 4.23. The van der Waals surface area contributed by atoms with E-state index in [-0.39, 0.29) is 18.1 Å². The first-order valence-electron chi connectivity index (χ1n) is 5.10. The van der Waals surface area contributed by atoms with E-state index in [1.54, 1.807) is 14.0 Å². The molecule has 0 bridgehead atoms. The summed E-state index contributed by atoms with van der Waals surface area (Å²) in [6, 6.07) is 0.146. The molecule has 0 aromatic rings. The molecule has 1 fully saturated rings. The monoisotopic (exact) mass is 213 g/mol. The highest BCUT2D eigenvalue weighted by atomic mass is 16.5. The van der Waals surface area contributed by atoms with Crippen LogP contribution in [0.5, 0.6) is 0 Å². The Balaban J connectivity index is 2.84. The van der Waals surface area contributed by atoms with E-state index in [4.69, 9.17) is 4.74 Å². The minimum atomic E-state index is -0.734. The van der Waals surface area contributed by atoms with Crippen LogP contribution in [0.2, 0.25) is 0 Å². The van der Waals surface area contributed by atoms with Crippen LogP contribution in [0.1, 0.15) is 27.7 Å². The van der Waals surface area contributed by atoms with Crippen LogP contribution < -0.4 is 10.6 Å². The van der Waals surface area contributed by atoms with Crippen molar-refractivity contribution in [3.63, 3.8) is 0 Å². The van der Waals surface area contributed by atoms with Crippen molar-refractivity contribution in [1.82, 2.24) is 10.6 Å². The van der Waals surface area contributed by atoms with E-state index < -0.39 is 5.54 Å². The van der Waals surface area contributed by atoms with Crippen molar-refractivity contribution in [2.75, 3.05) is 7.11 Å². The molecule has 1 heterocycles. The molecule has 0 radical (unpaired) electrons. The van der Waals surface area contributed by atoms with Crippen molar-refractivity contribution in [3.05, 3.63) is 0 Å². The molecule has 0 aromatic heterocycles. The zero-order chi connectivity index (χ0) is 11.6. The van der Waals surface area contributed by atoms with Crippen LogP contribution in [0.4, 0.5) is 0 Å². The number of nitrogens with zero attached hydrogens (tertiary/aromatic N) is 1. The number of rotatable bonds is 3. The summed E-state index contributed by atoms with van der Waals surface area (Å²) >= 11 is 0. The second-order valence-corrected chi connectivity index (χ2v) is 4.23. The van der Waals surface area contributed by atoms with Crippen molar-refractivity contribution in [2.45, 2.75) is 45.4 Å². The lowest BCUT2D eigenvalue weighted by Crippen LogP contribution is -2.53. The lowest BCUT2D eigenvalue weighted by atomic mass is 9.96. The Labute approximate surface area is 90.3 Å². The zero-order valence-electron chi connectivity index (χ0n) is 9.92. The Bertz CT molecular complexity index is 288. The van der Waals surface area contributed by atoms with Gasteiger partial charge in [-0.25, -0.2) is 0 Å². The van der Waals surface area contributed by atoms with Gasteiger partial charge in [-0.1, -0.05) is 0 Å². The maximum atomic E-state index is 11.8. The first kappa shape index (κ1) is 12.0. The van der Waals surface area contributed by atoms with Gasteiger partial charge in [0, 0.05) is 13.2 Å². The maximum absolute atomic E-state index is 11.8. The van der Waals surface area contributed by atoms with Gasteiger partial charge in [-0.2, -0.15) is 0 Å². The van der Waals surface area contributed by atoms with Gasteiger partial charge in [-0.05, 0) is 27.7 Å². The Hall–Kier alpha value is -1.10. The molecule has 2 unspecified atom stereocenters. The van der Waals surface area contributed by atoms with E-state index in [9.17, 15) is 4.79 Å². The second kappa shape index (κ2) is 4.18. The standard InChI is InChI=1S/C10H19N3O2/c1-6(2)11-9-12-8(14)10(4,13-9)7(3)15-5/h6-7H,1-5H3,(H2,11,12,13,14). The highest BCUT2D eigenvalue weighted by molar-refractivity contribution is 6.09. The van der Waals surface area contributed by atoms with Crippen LogP contribution in [0.15, 0.2) is 4.99 Å². The first-order valence-corrected chi connectivity index (χ1v) is 5.10. The van der Waals surface area contributed by atoms with Gasteiger partial charge in [0.25, 0.3) is 5.91 Å². The van der Waals surface area contributed by atoms with Gasteiger partial charge in [0.1, 0.15) is 5.54 Å². The van der Waals surface area contributed by atoms with Gasteiger partial charge < -0.3 is 10.1 Å². The number of carbonyl (C=O) groups is 1. The molecule has 1 rings (SSSR count). The molecule has 1 saturated heterocycles. The Kier molecular flexibility index (Phi) is 3.34. The smallest absolute Gasteiger partial charge is 0.254 e. The zero-order valence-corrected chi connectivity index (χ0v) is 9.92. The van der Waals surface area contributed by atoms with Crippen LogP contribution in [0.25, 0.3) is 0 Å². The van der Waals surface area contributed by atoms with Crippen molar-refractivity contribution in [3.8, 4) is 0 Å². The van der Waals surface area contributed by atoms with E-state index >= 15 is 0 Å². The molecule has 0 spiro atoms. The lowest BCUT2D eigenvalue weighted by Gasteiger charge is -2.27. The number of guanidine groups is 1. The van der Waals surface area contributed by atoms with Crippen LogP contribution in [0.3, 0.4) is 0 Å². The number of amides is 1. The fourth-order valence-electron chi connectivity index (χ4n) is 1.42. The fourth-order valence-corrected chi connectivity index (χ4v) is 1.42. The summed E-state index contributed by atoms with van der Waals surface area (Å²) in [6.07, 6.45) is -0.211. The summed E-state index contributed by atoms with van der Waals surface area (Å²) in [5, 5.41) is 5.77. The Morgan fingerprint density at radius 2 is 2.00 bits per heavy atom. The third-order valence-corrected chi connectivity index (χ3v) is 2.64. The molecule has 5 heteroatoms. The summed E-state index contributed by atoms with van der Waals surface area (Å²) in [4.78, 5) is 16.0. The highest BCUT2D eigenvalue weighted by Crippen LogP contribution is 2.17. The van der Waals surface area contributed by atoms with Crippen LogP contribution >= 0.6 is 0 Å². The maximum Gasteiger partial charge on any atom is 0.254 e. The van der Waals surface area contributed by atoms with Crippen LogP contribution in [-0.2, 0) is 9.53 Å². The fraction of sp³-hybridized carbons (Fsp3) is 0.800. The van der Waals surface area contributed by atoms with E-state index in [1.807, 2.05) is 20.8 Å². The first-order chi connectivity index (χ1) is 6.90. The highest BCUT2D eigenvalue weighted by Gasteiger charge is 2.45. The Morgan fingerprint density at radius 3 is 2.47 bits per heavy atom. The molecule has 1 aliphatic rings. The number of ether oxygens (including phenoxy) is 1. The SMILES string of the molecule is COC(C)C1(C)NC(=NC(C)C)NC1=O. The van der Waals surface area contributed by atoms with E-state index in [1.165, 1.54) is 0 Å². The van der Waals surface area contributed by atoms with Gasteiger partial charge in [-0.3, -0.25) is 15.1 Å². The van der Waals surface area contributed by atoms with E-state index in [2.05, 4.69) is 15.6 Å². The minimum Gasteiger partial charge on any atom is -0.379 e. The summed E-state index contributed by atoms with van der Waals surface area (Å²) in [5.41, 5.74) is -0.734. The number of aliphatic imine (C=N–C) groups is 1. The largest absolute Gasteiger partial charge is 0.379 e. The molecule has 0 aliphatic carbocycles. The number of carbonyl (C=O) groups excluding carboxylic acids is 1. The molecule has 1 amide bonds. The molecule has 15 heavy (non-hydrogen) atoms. The number of nitrogens with one attached hydrogen (secondary N) is 2. The topological polar surface area (TPSA) is 62.7 Å². The number of methoxy groups -OCH3 is 1. The number of hydrogen-bond acceptors (Lipinski definition) is 3. The Morgan fingerprint density at radius 1 is 1.40 bits per heavy atom. The van der Waals surface area contributed by atoms with Gasteiger partial charge in [0.05, 0.1) is 6.10 Å². The average Bonchev–Trinajstić information content (AvgIpc) is 2.41. The molecular formula is C10H19N3O2. The third-order valence-electron chi connectivity index (χ3n) is 2.64. The molecule has 0 saturated carbocycles. The predicted octanol–water partition coefficient (Wildman–Crippen LogP) is 0.264. The molecule has 86 valence electrons. The van der Waals surface area contributed by atoms with Gasteiger partial charge in [0.15, 0.2) is 5.96 Å². The van der Waals surface area contributed by atoms with Crippen LogP contribution in [-0.4, -0.2) is 36.7 Å². The predicted molar refractivity (Wildman–Crippen MR) is 58.7 cm³/mol. The lowest BCUT2D eigenvalue weighted by molar-refractivity contribution is -0.127. The number of hydrogen-bond donors (Lipinski definition) is 2. The average molecular weight is 213 g/mol. The van der Waals surface area contributed by atoms with Crippen molar-refractivity contribution < 1.29 is 9.53 Å². The van der Waals surface area contributed by atoms with Crippen molar-refractivity contribution >= 4 is 11.9 Å². The van der Waals surface area contributed by atoms with Gasteiger partial charge in [-0.15, -0.1) is 0 Å². The molecule has 2 atom stereocenters. The molecule has 2 N–H and O–H groups in total. The molecule has 0 aromatic carbocycles. The molecule has 5 nitrogen and oxygen atoms in total. The normalized spacial score (nSPS) is 30.5. The molecule has 1 aliphatic heterocycles. The van der Waals surface area contributed by atoms with Crippen LogP contribution in [0, 0.1) is 0 Å². The summed E-state index contributed by atoms with van der Waals surface area (Å²) < 4.78 is 5.18. The van der Waals surface area contributed by atoms with Gasteiger partial charge in [0.2, 0.25) is 0 Å².